The lowest BCUT2D eigenvalue weighted by Gasteiger charge is -2.30. The van der Waals surface area contributed by atoms with Crippen LogP contribution in [0, 0.1) is 5.92 Å². The molecule has 0 spiro atoms. The van der Waals surface area contributed by atoms with Crippen LogP contribution in [0.1, 0.15) is 17.9 Å². The standard InChI is InChI=1S/C14H19NO4/c1-18-9-3-4-11(13(7-9)19-2)10-5-6-15-8-12(10)14(16)17/h3-4,7,10,12,15H,5-6,8H2,1-2H3,(H,16,17). The number of carbonyl (C=O) groups is 1. The monoisotopic (exact) mass is 265 g/mol. The molecule has 0 radical (unpaired) electrons. The molecular formula is C14H19NO4. The average Bonchev–Trinajstić information content (AvgIpc) is 2.46. The number of piperidine rings is 1. The number of carboxylic acid groups (broad SMARTS) is 1. The maximum absolute atomic E-state index is 11.4. The van der Waals surface area contributed by atoms with Crippen LogP contribution in [0.25, 0.3) is 0 Å². The van der Waals surface area contributed by atoms with Gasteiger partial charge < -0.3 is 19.9 Å². The molecule has 2 N–H and O–H groups in total. The summed E-state index contributed by atoms with van der Waals surface area (Å²) in [6.07, 6.45) is 0.791. The summed E-state index contributed by atoms with van der Waals surface area (Å²) in [6.45, 7) is 1.32. The molecule has 1 heterocycles. The molecule has 2 atom stereocenters. The first-order valence-electron chi connectivity index (χ1n) is 6.32. The van der Waals surface area contributed by atoms with Crippen molar-refractivity contribution in [2.45, 2.75) is 12.3 Å². The van der Waals surface area contributed by atoms with E-state index in [9.17, 15) is 9.90 Å². The van der Waals surface area contributed by atoms with Crippen LogP contribution in [-0.2, 0) is 4.79 Å². The third-order valence-corrected chi connectivity index (χ3v) is 3.64. The molecule has 1 aliphatic rings. The second-order valence-electron chi connectivity index (χ2n) is 4.65. The van der Waals surface area contributed by atoms with Gasteiger partial charge in [-0.2, -0.15) is 0 Å². The zero-order valence-corrected chi connectivity index (χ0v) is 11.2. The molecule has 0 saturated carbocycles. The lowest BCUT2D eigenvalue weighted by molar-refractivity contribution is -0.142. The third-order valence-electron chi connectivity index (χ3n) is 3.64. The Labute approximate surface area is 112 Å². The van der Waals surface area contributed by atoms with E-state index in [2.05, 4.69) is 5.32 Å². The predicted molar refractivity (Wildman–Crippen MR) is 70.9 cm³/mol. The fourth-order valence-corrected chi connectivity index (χ4v) is 2.61. The molecule has 19 heavy (non-hydrogen) atoms. The first-order chi connectivity index (χ1) is 9.17. The Hall–Kier alpha value is -1.75. The normalized spacial score (nSPS) is 22.8. The number of hydrogen-bond donors (Lipinski definition) is 2. The SMILES string of the molecule is COc1ccc(C2CCNCC2C(=O)O)c(OC)c1. The first kappa shape index (κ1) is 13.7. The van der Waals surface area contributed by atoms with Gasteiger partial charge >= 0.3 is 5.97 Å². The van der Waals surface area contributed by atoms with Crippen molar-refractivity contribution in [1.29, 1.82) is 0 Å². The smallest absolute Gasteiger partial charge is 0.308 e. The molecule has 0 aliphatic carbocycles. The van der Waals surface area contributed by atoms with Crippen LogP contribution in [0.3, 0.4) is 0 Å². The molecule has 5 nitrogen and oxygen atoms in total. The highest BCUT2D eigenvalue weighted by molar-refractivity contribution is 5.72. The van der Waals surface area contributed by atoms with E-state index in [1.807, 2.05) is 12.1 Å². The highest BCUT2D eigenvalue weighted by atomic mass is 16.5. The Morgan fingerprint density at radius 2 is 2.16 bits per heavy atom. The van der Waals surface area contributed by atoms with Crippen molar-refractivity contribution in [3.63, 3.8) is 0 Å². The van der Waals surface area contributed by atoms with Gasteiger partial charge in [0.15, 0.2) is 0 Å². The second-order valence-corrected chi connectivity index (χ2v) is 4.65. The zero-order valence-electron chi connectivity index (χ0n) is 11.2. The van der Waals surface area contributed by atoms with Gasteiger partial charge in [-0.15, -0.1) is 0 Å². The molecule has 1 fully saturated rings. The van der Waals surface area contributed by atoms with Crippen LogP contribution in [0.4, 0.5) is 0 Å². The molecular weight excluding hydrogens is 246 g/mol. The predicted octanol–water partition coefficient (Wildman–Crippen LogP) is 1.48. The van der Waals surface area contributed by atoms with Gasteiger partial charge in [0.05, 0.1) is 20.1 Å². The molecule has 2 rings (SSSR count). The number of carboxylic acids is 1. The molecule has 0 amide bonds. The second kappa shape index (κ2) is 5.93. The van der Waals surface area contributed by atoms with Gasteiger partial charge in [0, 0.05) is 18.5 Å². The number of benzene rings is 1. The molecule has 2 unspecified atom stereocenters. The molecule has 5 heteroatoms. The summed E-state index contributed by atoms with van der Waals surface area (Å²) in [6, 6.07) is 5.55. The quantitative estimate of drug-likeness (QED) is 0.863. The van der Waals surface area contributed by atoms with Gasteiger partial charge in [0.2, 0.25) is 0 Å². The zero-order chi connectivity index (χ0) is 13.8. The number of methoxy groups -OCH3 is 2. The average molecular weight is 265 g/mol. The molecule has 1 aliphatic heterocycles. The van der Waals surface area contributed by atoms with Gasteiger partial charge in [-0.3, -0.25) is 4.79 Å². The van der Waals surface area contributed by atoms with Crippen LogP contribution in [0.15, 0.2) is 18.2 Å². The number of rotatable bonds is 4. The first-order valence-corrected chi connectivity index (χ1v) is 6.32. The van der Waals surface area contributed by atoms with Crippen LogP contribution in [0.5, 0.6) is 11.5 Å². The summed E-state index contributed by atoms with van der Waals surface area (Å²) in [7, 11) is 3.19. The Kier molecular flexibility index (Phi) is 4.27. The summed E-state index contributed by atoms with van der Waals surface area (Å²) >= 11 is 0. The minimum Gasteiger partial charge on any atom is -0.497 e. The minimum absolute atomic E-state index is 0.0281. The van der Waals surface area contributed by atoms with E-state index in [1.165, 1.54) is 0 Å². The molecule has 104 valence electrons. The number of ether oxygens (including phenoxy) is 2. The molecule has 0 aromatic heterocycles. The van der Waals surface area contributed by atoms with Gasteiger partial charge in [-0.05, 0) is 24.6 Å². The van der Waals surface area contributed by atoms with Crippen molar-refractivity contribution < 1.29 is 19.4 Å². The van der Waals surface area contributed by atoms with Crippen LogP contribution < -0.4 is 14.8 Å². The molecule has 1 saturated heterocycles. The lowest BCUT2D eigenvalue weighted by Crippen LogP contribution is -2.39. The van der Waals surface area contributed by atoms with Crippen LogP contribution >= 0.6 is 0 Å². The van der Waals surface area contributed by atoms with Crippen LogP contribution in [-0.4, -0.2) is 38.4 Å². The minimum atomic E-state index is -0.768. The fraction of sp³-hybridized carbons (Fsp3) is 0.500. The Bertz CT molecular complexity index is 461. The van der Waals surface area contributed by atoms with Crippen molar-refractivity contribution in [2.24, 2.45) is 5.92 Å². The summed E-state index contributed by atoms with van der Waals surface area (Å²) in [4.78, 5) is 11.4. The summed E-state index contributed by atoms with van der Waals surface area (Å²) in [5.74, 6) is 0.185. The summed E-state index contributed by atoms with van der Waals surface area (Å²) < 4.78 is 10.5. The summed E-state index contributed by atoms with van der Waals surface area (Å²) in [5, 5.41) is 12.5. The maximum Gasteiger partial charge on any atom is 0.308 e. The lowest BCUT2D eigenvalue weighted by atomic mass is 9.81. The number of aliphatic carboxylic acids is 1. The number of hydrogen-bond acceptors (Lipinski definition) is 4. The van der Waals surface area contributed by atoms with Gasteiger partial charge in [-0.1, -0.05) is 6.07 Å². The van der Waals surface area contributed by atoms with Crippen molar-refractivity contribution >= 4 is 5.97 Å². The van der Waals surface area contributed by atoms with Gasteiger partial charge in [0.25, 0.3) is 0 Å². The van der Waals surface area contributed by atoms with Crippen molar-refractivity contribution in [1.82, 2.24) is 5.32 Å². The van der Waals surface area contributed by atoms with Crippen molar-refractivity contribution in [2.75, 3.05) is 27.3 Å². The Balaban J connectivity index is 2.35. The third kappa shape index (κ3) is 2.81. The number of nitrogens with one attached hydrogen (secondary N) is 1. The Morgan fingerprint density at radius 1 is 1.37 bits per heavy atom. The van der Waals surface area contributed by atoms with E-state index in [0.717, 1.165) is 18.5 Å². The maximum atomic E-state index is 11.4. The fourth-order valence-electron chi connectivity index (χ4n) is 2.61. The summed E-state index contributed by atoms with van der Waals surface area (Å²) in [5.41, 5.74) is 0.942. The van der Waals surface area contributed by atoms with Crippen LogP contribution in [0.2, 0.25) is 0 Å². The molecule has 1 aromatic rings. The highest BCUT2D eigenvalue weighted by Crippen LogP contribution is 2.37. The molecule has 0 bridgehead atoms. The van der Waals surface area contributed by atoms with E-state index < -0.39 is 11.9 Å². The topological polar surface area (TPSA) is 67.8 Å². The molecule has 1 aromatic carbocycles. The highest BCUT2D eigenvalue weighted by Gasteiger charge is 2.33. The van der Waals surface area contributed by atoms with E-state index in [1.54, 1.807) is 20.3 Å². The van der Waals surface area contributed by atoms with Crippen molar-refractivity contribution in [3.8, 4) is 11.5 Å². The van der Waals surface area contributed by atoms with E-state index in [4.69, 9.17) is 9.47 Å². The van der Waals surface area contributed by atoms with Gasteiger partial charge in [-0.25, -0.2) is 0 Å². The van der Waals surface area contributed by atoms with Crippen molar-refractivity contribution in [3.05, 3.63) is 23.8 Å². The van der Waals surface area contributed by atoms with E-state index >= 15 is 0 Å². The van der Waals surface area contributed by atoms with Gasteiger partial charge in [0.1, 0.15) is 11.5 Å². The van der Waals surface area contributed by atoms with E-state index in [0.29, 0.717) is 18.0 Å². The largest absolute Gasteiger partial charge is 0.497 e. The Morgan fingerprint density at radius 3 is 2.79 bits per heavy atom. The van der Waals surface area contributed by atoms with E-state index in [-0.39, 0.29) is 5.92 Å².